The number of aromatic hydroxyl groups is 1. The van der Waals surface area contributed by atoms with E-state index in [2.05, 4.69) is 20.2 Å². The number of nitrogens with two attached hydrogens (primary N) is 1. The number of nitrogens with one attached hydrogen (secondary N) is 1. The molecular weight excluding hydrogens is 290 g/mol. The number of rotatable bonds is 2. The Hall–Kier alpha value is -3.41. The summed E-state index contributed by atoms with van der Waals surface area (Å²) < 4.78 is 0. The van der Waals surface area contributed by atoms with Crippen LogP contribution in [0.5, 0.6) is 5.75 Å². The molecule has 4 aromatic rings. The Balaban J connectivity index is 1.90. The number of aromatic amines is 1. The van der Waals surface area contributed by atoms with Gasteiger partial charge in [0.15, 0.2) is 5.82 Å². The average molecular weight is 303 g/mol. The molecule has 23 heavy (non-hydrogen) atoms. The molecule has 0 spiro atoms. The molecular formula is C17H13N5O. The van der Waals surface area contributed by atoms with Crippen LogP contribution in [0.4, 0.5) is 5.69 Å². The van der Waals surface area contributed by atoms with Crippen molar-refractivity contribution in [1.29, 1.82) is 0 Å². The van der Waals surface area contributed by atoms with E-state index in [4.69, 9.17) is 5.73 Å². The maximum Gasteiger partial charge on any atom is 0.202 e. The van der Waals surface area contributed by atoms with E-state index < -0.39 is 0 Å². The number of hydrogen-bond acceptors (Lipinski definition) is 5. The van der Waals surface area contributed by atoms with Crippen molar-refractivity contribution in [1.82, 2.24) is 20.2 Å². The largest absolute Gasteiger partial charge is 0.507 e. The van der Waals surface area contributed by atoms with Gasteiger partial charge in [0.1, 0.15) is 11.4 Å². The standard InChI is InChI=1S/C17H13N5O/c18-12-6-3-9-19-15(12)17-20-16(21-22-17)14-11-5-2-1-4-10(11)7-8-13(14)23/h1-9,23H,18H2,(H,20,21,22). The Labute approximate surface area is 131 Å². The maximum absolute atomic E-state index is 10.3. The van der Waals surface area contributed by atoms with Gasteiger partial charge in [-0.3, -0.25) is 10.1 Å². The van der Waals surface area contributed by atoms with Gasteiger partial charge in [-0.2, -0.15) is 5.10 Å². The van der Waals surface area contributed by atoms with Crippen LogP contribution in [0, 0.1) is 0 Å². The number of anilines is 1. The lowest BCUT2D eigenvalue weighted by atomic mass is 10.0. The fourth-order valence-electron chi connectivity index (χ4n) is 2.59. The lowest BCUT2D eigenvalue weighted by Crippen LogP contribution is -1.93. The molecule has 0 aliphatic carbocycles. The molecule has 4 rings (SSSR count). The monoisotopic (exact) mass is 303 g/mol. The van der Waals surface area contributed by atoms with Gasteiger partial charge in [-0.1, -0.05) is 30.3 Å². The van der Waals surface area contributed by atoms with Crippen LogP contribution in [-0.4, -0.2) is 25.3 Å². The SMILES string of the molecule is Nc1cccnc1-c1n[nH]c(-c2c(O)ccc3ccccc23)n1. The van der Waals surface area contributed by atoms with Crippen molar-refractivity contribution in [3.63, 3.8) is 0 Å². The first-order chi connectivity index (χ1) is 11.2. The van der Waals surface area contributed by atoms with E-state index in [0.29, 0.717) is 28.6 Å². The molecule has 0 saturated heterocycles. The van der Waals surface area contributed by atoms with E-state index >= 15 is 0 Å². The minimum atomic E-state index is 0.139. The van der Waals surface area contributed by atoms with Crippen LogP contribution in [-0.2, 0) is 0 Å². The third kappa shape index (κ3) is 2.17. The summed E-state index contributed by atoms with van der Waals surface area (Å²) in [4.78, 5) is 8.66. The molecule has 2 heterocycles. The summed E-state index contributed by atoms with van der Waals surface area (Å²) >= 11 is 0. The summed E-state index contributed by atoms with van der Waals surface area (Å²) in [5.74, 6) is 1.00. The smallest absolute Gasteiger partial charge is 0.202 e. The molecule has 0 aliphatic rings. The highest BCUT2D eigenvalue weighted by Gasteiger charge is 2.16. The van der Waals surface area contributed by atoms with Crippen molar-refractivity contribution in [2.75, 3.05) is 5.73 Å². The number of H-pyrrole nitrogens is 1. The second-order valence-electron chi connectivity index (χ2n) is 5.13. The highest BCUT2D eigenvalue weighted by Crippen LogP contribution is 2.35. The van der Waals surface area contributed by atoms with Gasteiger partial charge in [0.2, 0.25) is 5.82 Å². The van der Waals surface area contributed by atoms with Crippen LogP contribution in [0.3, 0.4) is 0 Å². The summed E-state index contributed by atoms with van der Waals surface area (Å²) in [5, 5.41) is 19.2. The number of pyridine rings is 1. The molecule has 0 unspecified atom stereocenters. The molecule has 0 fully saturated rings. The number of aromatic nitrogens is 4. The van der Waals surface area contributed by atoms with Crippen LogP contribution in [0.1, 0.15) is 0 Å². The summed E-state index contributed by atoms with van der Waals surface area (Å²) in [6, 6.07) is 14.8. The fraction of sp³-hybridized carbons (Fsp3) is 0. The predicted molar refractivity (Wildman–Crippen MR) is 88.6 cm³/mol. The van der Waals surface area contributed by atoms with Crippen molar-refractivity contribution >= 4 is 16.5 Å². The zero-order chi connectivity index (χ0) is 15.8. The number of benzene rings is 2. The lowest BCUT2D eigenvalue weighted by molar-refractivity contribution is 0.477. The predicted octanol–water partition coefficient (Wildman–Crippen LogP) is 2.97. The molecule has 6 nitrogen and oxygen atoms in total. The molecule has 0 aliphatic heterocycles. The van der Waals surface area contributed by atoms with E-state index in [9.17, 15) is 5.11 Å². The van der Waals surface area contributed by atoms with Crippen LogP contribution < -0.4 is 5.73 Å². The maximum atomic E-state index is 10.3. The quantitative estimate of drug-likeness (QED) is 0.528. The summed E-state index contributed by atoms with van der Waals surface area (Å²) in [5.41, 5.74) is 7.53. The van der Waals surface area contributed by atoms with Gasteiger partial charge in [0.05, 0.1) is 11.3 Å². The van der Waals surface area contributed by atoms with Crippen LogP contribution in [0.2, 0.25) is 0 Å². The van der Waals surface area contributed by atoms with Gasteiger partial charge in [-0.05, 0) is 29.0 Å². The first kappa shape index (κ1) is 13.3. The topological polar surface area (TPSA) is 101 Å². The van der Waals surface area contributed by atoms with Crippen LogP contribution in [0.15, 0.2) is 54.7 Å². The molecule has 0 bridgehead atoms. The van der Waals surface area contributed by atoms with E-state index in [-0.39, 0.29) is 5.75 Å². The number of fused-ring (bicyclic) bond motifs is 1. The van der Waals surface area contributed by atoms with E-state index in [0.717, 1.165) is 10.8 Å². The number of phenolic OH excluding ortho intramolecular Hbond substituents is 1. The molecule has 4 N–H and O–H groups in total. The van der Waals surface area contributed by atoms with E-state index in [1.54, 1.807) is 24.4 Å². The average Bonchev–Trinajstić information content (AvgIpc) is 3.04. The van der Waals surface area contributed by atoms with Crippen LogP contribution >= 0.6 is 0 Å². The molecule has 0 radical (unpaired) electrons. The minimum Gasteiger partial charge on any atom is -0.507 e. The normalized spacial score (nSPS) is 11.0. The summed E-state index contributed by atoms with van der Waals surface area (Å²) in [6.07, 6.45) is 1.64. The second-order valence-corrected chi connectivity index (χ2v) is 5.13. The van der Waals surface area contributed by atoms with E-state index in [1.165, 1.54) is 0 Å². The third-order valence-electron chi connectivity index (χ3n) is 3.68. The molecule has 6 heteroatoms. The third-order valence-corrected chi connectivity index (χ3v) is 3.68. The Kier molecular flexibility index (Phi) is 2.94. The zero-order valence-electron chi connectivity index (χ0n) is 12.1. The molecule has 2 aromatic carbocycles. The molecule has 2 aromatic heterocycles. The summed E-state index contributed by atoms with van der Waals surface area (Å²) in [7, 11) is 0. The van der Waals surface area contributed by atoms with Gasteiger partial charge >= 0.3 is 0 Å². The van der Waals surface area contributed by atoms with Crippen molar-refractivity contribution in [2.24, 2.45) is 0 Å². The van der Waals surface area contributed by atoms with Gasteiger partial charge in [-0.25, -0.2) is 4.98 Å². The minimum absolute atomic E-state index is 0.139. The molecule has 0 atom stereocenters. The first-order valence-electron chi connectivity index (χ1n) is 7.08. The van der Waals surface area contributed by atoms with Gasteiger partial charge in [-0.15, -0.1) is 0 Å². The number of hydrogen-bond donors (Lipinski definition) is 3. The number of nitrogens with zero attached hydrogens (tertiary/aromatic N) is 3. The van der Waals surface area contributed by atoms with Crippen molar-refractivity contribution in [3.05, 3.63) is 54.7 Å². The highest BCUT2D eigenvalue weighted by atomic mass is 16.3. The van der Waals surface area contributed by atoms with Crippen LogP contribution in [0.25, 0.3) is 33.7 Å². The van der Waals surface area contributed by atoms with Gasteiger partial charge in [0.25, 0.3) is 0 Å². The Bertz CT molecular complexity index is 1010. The Morgan fingerprint density at radius 2 is 1.87 bits per heavy atom. The zero-order valence-corrected chi connectivity index (χ0v) is 12.1. The van der Waals surface area contributed by atoms with Gasteiger partial charge < -0.3 is 10.8 Å². The lowest BCUT2D eigenvalue weighted by Gasteiger charge is -2.06. The van der Waals surface area contributed by atoms with Crippen molar-refractivity contribution in [2.45, 2.75) is 0 Å². The molecule has 0 saturated carbocycles. The Morgan fingerprint density at radius 3 is 2.74 bits per heavy atom. The Morgan fingerprint density at radius 1 is 1.00 bits per heavy atom. The van der Waals surface area contributed by atoms with E-state index in [1.807, 2.05) is 30.3 Å². The first-order valence-corrected chi connectivity index (χ1v) is 7.08. The summed E-state index contributed by atoms with van der Waals surface area (Å²) in [6.45, 7) is 0. The van der Waals surface area contributed by atoms with Crippen molar-refractivity contribution < 1.29 is 5.11 Å². The molecule has 112 valence electrons. The van der Waals surface area contributed by atoms with Crippen molar-refractivity contribution in [3.8, 4) is 28.7 Å². The fourth-order valence-corrected chi connectivity index (χ4v) is 2.59. The van der Waals surface area contributed by atoms with Gasteiger partial charge in [0, 0.05) is 6.20 Å². The molecule has 0 amide bonds. The number of nitrogen functional groups attached to an aromatic ring is 1. The highest BCUT2D eigenvalue weighted by molar-refractivity contribution is 5.98. The number of phenols is 1. The second kappa shape index (κ2) is 5.10.